The van der Waals surface area contributed by atoms with Gasteiger partial charge in [0, 0.05) is 6.04 Å². The van der Waals surface area contributed by atoms with Crippen molar-refractivity contribution in [3.8, 4) is 11.5 Å². The minimum absolute atomic E-state index is 0.00407. The van der Waals surface area contributed by atoms with Crippen molar-refractivity contribution in [3.63, 3.8) is 0 Å². The maximum Gasteiger partial charge on any atom is 0.161 e. The van der Waals surface area contributed by atoms with E-state index in [1.54, 1.807) is 0 Å². The second-order valence-electron chi connectivity index (χ2n) is 6.76. The molecule has 0 radical (unpaired) electrons. The van der Waals surface area contributed by atoms with Gasteiger partial charge in [0.1, 0.15) is 6.61 Å². The highest BCUT2D eigenvalue weighted by atomic mass is 16.5. The van der Waals surface area contributed by atoms with Gasteiger partial charge >= 0.3 is 0 Å². The van der Waals surface area contributed by atoms with Gasteiger partial charge in [-0.25, -0.2) is 0 Å². The third-order valence-electron chi connectivity index (χ3n) is 3.80. The Hall–Kier alpha value is -2.00. The van der Waals surface area contributed by atoms with Gasteiger partial charge in [-0.05, 0) is 35.6 Å². The van der Waals surface area contributed by atoms with E-state index in [2.05, 4.69) is 20.8 Å². The largest absolute Gasteiger partial charge is 0.490 e. The second-order valence-corrected chi connectivity index (χ2v) is 6.76. The zero-order chi connectivity index (χ0) is 16.9. The molecule has 2 aromatic rings. The lowest BCUT2D eigenvalue weighted by molar-refractivity contribution is 0.267. The van der Waals surface area contributed by atoms with Gasteiger partial charge in [-0.3, -0.25) is 0 Å². The fraction of sp³-hybridized carbons (Fsp3) is 0.400. The summed E-state index contributed by atoms with van der Waals surface area (Å²) in [6.45, 7) is 9.49. The van der Waals surface area contributed by atoms with E-state index in [1.807, 2.05) is 55.5 Å². The van der Waals surface area contributed by atoms with Crippen LogP contribution in [0.4, 0.5) is 0 Å². The molecule has 0 aliphatic rings. The molecule has 0 aromatic heterocycles. The molecule has 0 aliphatic carbocycles. The van der Waals surface area contributed by atoms with Gasteiger partial charge in [-0.1, -0.05) is 57.2 Å². The third kappa shape index (κ3) is 4.73. The first-order chi connectivity index (χ1) is 10.9. The van der Waals surface area contributed by atoms with Crippen LogP contribution in [0.15, 0.2) is 48.5 Å². The van der Waals surface area contributed by atoms with E-state index in [0.29, 0.717) is 13.2 Å². The van der Waals surface area contributed by atoms with Crippen molar-refractivity contribution in [3.05, 3.63) is 59.7 Å². The first-order valence-corrected chi connectivity index (χ1v) is 8.11. The molecular weight excluding hydrogens is 286 g/mol. The number of ether oxygens (including phenoxy) is 2. The fourth-order valence-corrected chi connectivity index (χ4v) is 2.34. The first-order valence-electron chi connectivity index (χ1n) is 8.11. The molecule has 0 fully saturated rings. The summed E-state index contributed by atoms with van der Waals surface area (Å²) in [6.07, 6.45) is 0. The lowest BCUT2D eigenvalue weighted by atomic mass is 9.83. The number of hydrogen-bond acceptors (Lipinski definition) is 3. The van der Waals surface area contributed by atoms with Crippen LogP contribution in [-0.2, 0) is 6.61 Å². The van der Waals surface area contributed by atoms with Gasteiger partial charge in [0.05, 0.1) is 6.61 Å². The van der Waals surface area contributed by atoms with Crippen molar-refractivity contribution in [2.45, 2.75) is 40.3 Å². The van der Waals surface area contributed by atoms with Gasteiger partial charge in [-0.2, -0.15) is 0 Å². The molecule has 0 aliphatic heterocycles. The summed E-state index contributed by atoms with van der Waals surface area (Å²) in [6, 6.07) is 16.0. The highest BCUT2D eigenvalue weighted by Crippen LogP contribution is 2.36. The average Bonchev–Trinajstić information content (AvgIpc) is 2.53. The average molecular weight is 313 g/mol. The van der Waals surface area contributed by atoms with E-state index in [-0.39, 0.29) is 11.5 Å². The molecule has 23 heavy (non-hydrogen) atoms. The number of nitrogens with two attached hydrogens (primary N) is 1. The van der Waals surface area contributed by atoms with E-state index < -0.39 is 0 Å². The Labute approximate surface area is 139 Å². The minimum Gasteiger partial charge on any atom is -0.490 e. The van der Waals surface area contributed by atoms with Crippen LogP contribution in [0.5, 0.6) is 11.5 Å². The molecule has 0 saturated carbocycles. The van der Waals surface area contributed by atoms with E-state index in [9.17, 15) is 0 Å². The van der Waals surface area contributed by atoms with Crippen molar-refractivity contribution >= 4 is 0 Å². The molecular formula is C20H27NO2. The summed E-state index contributed by atoms with van der Waals surface area (Å²) in [7, 11) is 0. The Morgan fingerprint density at radius 2 is 1.65 bits per heavy atom. The SMILES string of the molecule is CCOc1cc([C@@H](N)C(C)(C)C)ccc1OCc1ccccc1. The lowest BCUT2D eigenvalue weighted by Crippen LogP contribution is -2.26. The van der Waals surface area contributed by atoms with Crippen LogP contribution in [-0.4, -0.2) is 6.61 Å². The van der Waals surface area contributed by atoms with Gasteiger partial charge in [0.25, 0.3) is 0 Å². The summed E-state index contributed by atoms with van der Waals surface area (Å²) >= 11 is 0. The zero-order valence-corrected chi connectivity index (χ0v) is 14.5. The van der Waals surface area contributed by atoms with Crippen molar-refractivity contribution in [1.29, 1.82) is 0 Å². The standard InChI is InChI=1S/C20H27NO2/c1-5-22-18-13-16(19(21)20(2,3)4)11-12-17(18)23-14-15-9-7-6-8-10-15/h6-13,19H,5,14,21H2,1-4H3/t19-/m1/s1. The Kier molecular flexibility index (Phi) is 5.67. The van der Waals surface area contributed by atoms with Gasteiger partial charge in [0.15, 0.2) is 11.5 Å². The number of benzene rings is 2. The lowest BCUT2D eigenvalue weighted by Gasteiger charge is -2.28. The quantitative estimate of drug-likeness (QED) is 0.840. The maximum atomic E-state index is 6.36. The van der Waals surface area contributed by atoms with Crippen LogP contribution in [0.1, 0.15) is 44.9 Å². The summed E-state index contributed by atoms with van der Waals surface area (Å²) < 4.78 is 11.7. The van der Waals surface area contributed by atoms with Crippen LogP contribution in [0.3, 0.4) is 0 Å². The Morgan fingerprint density at radius 1 is 0.957 bits per heavy atom. The topological polar surface area (TPSA) is 44.5 Å². The molecule has 1 atom stereocenters. The van der Waals surface area contributed by atoms with Crippen LogP contribution in [0.25, 0.3) is 0 Å². The van der Waals surface area contributed by atoms with Crippen molar-refractivity contribution in [2.75, 3.05) is 6.61 Å². The fourth-order valence-electron chi connectivity index (χ4n) is 2.34. The molecule has 2 N–H and O–H groups in total. The van der Waals surface area contributed by atoms with E-state index in [4.69, 9.17) is 15.2 Å². The molecule has 0 heterocycles. The Morgan fingerprint density at radius 3 is 2.26 bits per heavy atom. The molecule has 2 aromatic carbocycles. The maximum absolute atomic E-state index is 6.36. The van der Waals surface area contributed by atoms with E-state index >= 15 is 0 Å². The van der Waals surface area contributed by atoms with E-state index in [0.717, 1.165) is 22.6 Å². The second kappa shape index (κ2) is 7.51. The van der Waals surface area contributed by atoms with Gasteiger partial charge < -0.3 is 15.2 Å². The van der Waals surface area contributed by atoms with Crippen LogP contribution in [0.2, 0.25) is 0 Å². The summed E-state index contributed by atoms with van der Waals surface area (Å²) in [4.78, 5) is 0. The number of rotatable bonds is 6. The van der Waals surface area contributed by atoms with Crippen molar-refractivity contribution in [2.24, 2.45) is 11.1 Å². The normalized spacial score (nSPS) is 12.7. The molecule has 0 spiro atoms. The smallest absolute Gasteiger partial charge is 0.161 e. The highest BCUT2D eigenvalue weighted by molar-refractivity contribution is 5.44. The molecule has 0 saturated heterocycles. The van der Waals surface area contributed by atoms with E-state index in [1.165, 1.54) is 0 Å². The van der Waals surface area contributed by atoms with Crippen molar-refractivity contribution in [1.82, 2.24) is 0 Å². The molecule has 2 rings (SSSR count). The molecule has 0 unspecified atom stereocenters. The summed E-state index contributed by atoms with van der Waals surface area (Å²) in [5.41, 5.74) is 8.54. The molecule has 3 heteroatoms. The molecule has 0 amide bonds. The van der Waals surface area contributed by atoms with Crippen molar-refractivity contribution < 1.29 is 9.47 Å². The monoisotopic (exact) mass is 313 g/mol. The Bertz CT molecular complexity index is 617. The summed E-state index contributed by atoms with van der Waals surface area (Å²) in [5, 5.41) is 0. The molecule has 3 nitrogen and oxygen atoms in total. The van der Waals surface area contributed by atoms with Gasteiger partial charge in [0.2, 0.25) is 0 Å². The molecule has 124 valence electrons. The van der Waals surface area contributed by atoms with Crippen LogP contribution < -0.4 is 15.2 Å². The zero-order valence-electron chi connectivity index (χ0n) is 14.5. The highest BCUT2D eigenvalue weighted by Gasteiger charge is 2.23. The summed E-state index contributed by atoms with van der Waals surface area (Å²) in [5.74, 6) is 1.50. The van der Waals surface area contributed by atoms with Crippen LogP contribution in [0, 0.1) is 5.41 Å². The van der Waals surface area contributed by atoms with Gasteiger partial charge in [-0.15, -0.1) is 0 Å². The minimum atomic E-state index is -0.0510. The predicted octanol–water partition coefficient (Wildman–Crippen LogP) is 4.71. The first kappa shape index (κ1) is 17.4. The number of hydrogen-bond donors (Lipinski definition) is 1. The Balaban J connectivity index is 2.19. The third-order valence-corrected chi connectivity index (χ3v) is 3.80. The predicted molar refractivity (Wildman–Crippen MR) is 94.8 cm³/mol. The van der Waals surface area contributed by atoms with Crippen LogP contribution >= 0.6 is 0 Å². The molecule has 0 bridgehead atoms.